The van der Waals surface area contributed by atoms with Crippen LogP contribution in [0.15, 0.2) is 0 Å². The molecule has 86 valence electrons. The second-order valence-electron chi connectivity index (χ2n) is 5.86. The predicted octanol–water partition coefficient (Wildman–Crippen LogP) is 3.79. The van der Waals surface area contributed by atoms with Crippen molar-refractivity contribution in [1.29, 1.82) is 0 Å². The lowest BCUT2D eigenvalue weighted by atomic mass is 9.96. The maximum atomic E-state index is 2.64. The second kappa shape index (κ2) is 5.75. The van der Waals surface area contributed by atoms with Crippen LogP contribution in [0.5, 0.6) is 0 Å². The Kier molecular flexibility index (Phi) is 5.73. The highest BCUT2D eigenvalue weighted by Gasteiger charge is 2.25. The minimum Gasteiger partial charge on any atom is -0.298 e. The molecule has 0 fully saturated rings. The first-order valence-corrected chi connectivity index (χ1v) is 6.04. The molecule has 0 N–H and O–H groups in total. The van der Waals surface area contributed by atoms with Gasteiger partial charge in [0.15, 0.2) is 0 Å². The van der Waals surface area contributed by atoms with Crippen LogP contribution in [0.3, 0.4) is 0 Å². The van der Waals surface area contributed by atoms with Crippen LogP contribution in [-0.4, -0.2) is 23.5 Å². The molecule has 0 unspecified atom stereocenters. The summed E-state index contributed by atoms with van der Waals surface area (Å²) in [5.41, 5.74) is 0.356. The van der Waals surface area contributed by atoms with Crippen LogP contribution >= 0.6 is 0 Å². The maximum absolute atomic E-state index is 2.64. The lowest BCUT2D eigenvalue weighted by Gasteiger charge is -2.40. The molecule has 0 amide bonds. The largest absolute Gasteiger partial charge is 0.298 e. The zero-order valence-electron chi connectivity index (χ0n) is 11.2. The SMILES string of the molecule is CCC(C)(C)N(CC(C)C)CC(C)C. The predicted molar refractivity (Wildman–Crippen MR) is 65.6 cm³/mol. The fraction of sp³-hybridized carbons (Fsp3) is 1.00. The van der Waals surface area contributed by atoms with Crippen molar-refractivity contribution < 1.29 is 0 Å². The molecular formula is C13H29N. The summed E-state index contributed by atoms with van der Waals surface area (Å²) in [7, 11) is 0. The van der Waals surface area contributed by atoms with Gasteiger partial charge in [-0.2, -0.15) is 0 Å². The molecule has 1 nitrogen and oxygen atoms in total. The lowest BCUT2D eigenvalue weighted by Crippen LogP contribution is -2.47. The van der Waals surface area contributed by atoms with Crippen molar-refractivity contribution in [3.8, 4) is 0 Å². The van der Waals surface area contributed by atoms with Crippen molar-refractivity contribution in [2.75, 3.05) is 13.1 Å². The van der Waals surface area contributed by atoms with E-state index in [1.165, 1.54) is 19.5 Å². The third-order valence-electron chi connectivity index (χ3n) is 2.89. The Bertz CT molecular complexity index is 137. The summed E-state index contributed by atoms with van der Waals surface area (Å²) in [4.78, 5) is 2.64. The summed E-state index contributed by atoms with van der Waals surface area (Å²) in [6.07, 6.45) is 1.23. The average molecular weight is 199 g/mol. The molecule has 0 rings (SSSR count). The van der Waals surface area contributed by atoms with Crippen LogP contribution < -0.4 is 0 Å². The van der Waals surface area contributed by atoms with E-state index in [-0.39, 0.29) is 0 Å². The molecule has 0 spiro atoms. The van der Waals surface area contributed by atoms with Crippen LogP contribution in [0.1, 0.15) is 54.9 Å². The molecule has 0 saturated heterocycles. The molecule has 1 heteroatoms. The molecule has 0 atom stereocenters. The first-order valence-electron chi connectivity index (χ1n) is 6.04. The van der Waals surface area contributed by atoms with Crippen LogP contribution in [0.25, 0.3) is 0 Å². The topological polar surface area (TPSA) is 3.24 Å². The van der Waals surface area contributed by atoms with Crippen molar-refractivity contribution >= 4 is 0 Å². The monoisotopic (exact) mass is 199 g/mol. The zero-order valence-corrected chi connectivity index (χ0v) is 11.2. The molecule has 0 bridgehead atoms. The van der Waals surface area contributed by atoms with E-state index >= 15 is 0 Å². The number of rotatable bonds is 6. The van der Waals surface area contributed by atoms with Crippen LogP contribution in [0.4, 0.5) is 0 Å². The highest BCUT2D eigenvalue weighted by Crippen LogP contribution is 2.21. The van der Waals surface area contributed by atoms with Gasteiger partial charge in [-0.15, -0.1) is 0 Å². The van der Waals surface area contributed by atoms with Gasteiger partial charge in [-0.1, -0.05) is 34.6 Å². The standard InChI is InChI=1S/C13H29N/c1-8-13(6,7)14(9-11(2)3)10-12(4)5/h11-12H,8-10H2,1-7H3. The molecule has 0 aliphatic carbocycles. The van der Waals surface area contributed by atoms with Crippen molar-refractivity contribution in [1.82, 2.24) is 4.90 Å². The third kappa shape index (κ3) is 4.99. The van der Waals surface area contributed by atoms with Gasteiger partial charge >= 0.3 is 0 Å². The molecule has 0 aliphatic rings. The van der Waals surface area contributed by atoms with Crippen LogP contribution in [-0.2, 0) is 0 Å². The molecular weight excluding hydrogens is 170 g/mol. The van der Waals surface area contributed by atoms with Gasteiger partial charge in [0, 0.05) is 18.6 Å². The van der Waals surface area contributed by atoms with Gasteiger partial charge in [0.1, 0.15) is 0 Å². The summed E-state index contributed by atoms with van der Waals surface area (Å²) >= 11 is 0. The molecule has 0 saturated carbocycles. The first kappa shape index (κ1) is 14.0. The fourth-order valence-electron chi connectivity index (χ4n) is 1.67. The van der Waals surface area contributed by atoms with E-state index in [0.717, 1.165) is 11.8 Å². The van der Waals surface area contributed by atoms with E-state index in [2.05, 4.69) is 53.4 Å². The summed E-state index contributed by atoms with van der Waals surface area (Å²) in [6.45, 7) is 18.7. The lowest BCUT2D eigenvalue weighted by molar-refractivity contribution is 0.0869. The molecule has 0 radical (unpaired) electrons. The highest BCUT2D eigenvalue weighted by atomic mass is 15.2. The highest BCUT2D eigenvalue weighted by molar-refractivity contribution is 4.81. The molecule has 14 heavy (non-hydrogen) atoms. The molecule has 0 aromatic carbocycles. The summed E-state index contributed by atoms with van der Waals surface area (Å²) in [5, 5.41) is 0. The normalized spacial score (nSPS) is 13.3. The van der Waals surface area contributed by atoms with Gasteiger partial charge in [0.2, 0.25) is 0 Å². The Morgan fingerprint density at radius 2 is 1.29 bits per heavy atom. The van der Waals surface area contributed by atoms with Crippen molar-refractivity contribution in [3.63, 3.8) is 0 Å². The number of hydrogen-bond acceptors (Lipinski definition) is 1. The van der Waals surface area contributed by atoms with E-state index in [4.69, 9.17) is 0 Å². The third-order valence-corrected chi connectivity index (χ3v) is 2.89. The Morgan fingerprint density at radius 3 is 1.50 bits per heavy atom. The van der Waals surface area contributed by atoms with Gasteiger partial charge in [0.05, 0.1) is 0 Å². The van der Waals surface area contributed by atoms with E-state index in [9.17, 15) is 0 Å². The minimum atomic E-state index is 0.356. The smallest absolute Gasteiger partial charge is 0.0150 e. The molecule has 0 heterocycles. The second-order valence-corrected chi connectivity index (χ2v) is 5.86. The Labute approximate surface area is 90.9 Å². The summed E-state index contributed by atoms with van der Waals surface area (Å²) in [6, 6.07) is 0. The van der Waals surface area contributed by atoms with Crippen molar-refractivity contribution in [3.05, 3.63) is 0 Å². The summed E-state index contributed by atoms with van der Waals surface area (Å²) < 4.78 is 0. The fourth-order valence-corrected chi connectivity index (χ4v) is 1.67. The van der Waals surface area contributed by atoms with Crippen LogP contribution in [0, 0.1) is 11.8 Å². The Hall–Kier alpha value is -0.0400. The Morgan fingerprint density at radius 1 is 0.929 bits per heavy atom. The summed E-state index contributed by atoms with van der Waals surface area (Å²) in [5.74, 6) is 1.53. The average Bonchev–Trinajstić information content (AvgIpc) is 2.01. The van der Waals surface area contributed by atoms with Crippen molar-refractivity contribution in [2.45, 2.75) is 60.4 Å². The maximum Gasteiger partial charge on any atom is 0.0150 e. The van der Waals surface area contributed by atoms with E-state index in [1.54, 1.807) is 0 Å². The van der Waals surface area contributed by atoms with E-state index in [1.807, 2.05) is 0 Å². The van der Waals surface area contributed by atoms with Crippen LogP contribution in [0.2, 0.25) is 0 Å². The quantitative estimate of drug-likeness (QED) is 0.629. The first-order chi connectivity index (χ1) is 6.29. The van der Waals surface area contributed by atoms with Gasteiger partial charge < -0.3 is 0 Å². The van der Waals surface area contributed by atoms with Gasteiger partial charge in [-0.3, -0.25) is 4.90 Å². The van der Waals surface area contributed by atoms with Crippen molar-refractivity contribution in [2.24, 2.45) is 11.8 Å². The Balaban J connectivity index is 4.38. The number of hydrogen-bond donors (Lipinski definition) is 0. The minimum absolute atomic E-state index is 0.356. The molecule has 0 aromatic heterocycles. The van der Waals surface area contributed by atoms with E-state index in [0.29, 0.717) is 5.54 Å². The van der Waals surface area contributed by atoms with E-state index < -0.39 is 0 Å². The molecule has 0 aromatic rings. The van der Waals surface area contributed by atoms with Gasteiger partial charge in [-0.05, 0) is 32.1 Å². The zero-order chi connectivity index (χ0) is 11.4. The molecule has 0 aliphatic heterocycles. The number of nitrogens with zero attached hydrogens (tertiary/aromatic N) is 1. The van der Waals surface area contributed by atoms with Gasteiger partial charge in [0.25, 0.3) is 0 Å². The van der Waals surface area contributed by atoms with Gasteiger partial charge in [-0.25, -0.2) is 0 Å².